The van der Waals surface area contributed by atoms with Gasteiger partial charge in [0.05, 0.1) is 0 Å². The van der Waals surface area contributed by atoms with Crippen LogP contribution in [-0.2, 0) is 19.4 Å². The topological polar surface area (TPSA) is 42.7 Å². The second-order valence-corrected chi connectivity index (χ2v) is 4.02. The number of hydrogen-bond acceptors (Lipinski definition) is 3. The minimum Gasteiger partial charge on any atom is -0.316 e. The van der Waals surface area contributed by atoms with Gasteiger partial charge in [0.2, 0.25) is 0 Å². The standard InChI is InChI=1S/C9H14N4/c1-2-8-11-12-9(13(8)3-1)4-7-5-10-6-7/h7,10H,1-6H2. The summed E-state index contributed by atoms with van der Waals surface area (Å²) in [4.78, 5) is 0. The van der Waals surface area contributed by atoms with Gasteiger partial charge in [0.1, 0.15) is 11.6 Å². The van der Waals surface area contributed by atoms with Gasteiger partial charge in [-0.1, -0.05) is 0 Å². The molecular weight excluding hydrogens is 164 g/mol. The third-order valence-electron chi connectivity index (χ3n) is 3.02. The molecule has 4 nitrogen and oxygen atoms in total. The molecule has 1 saturated heterocycles. The van der Waals surface area contributed by atoms with Gasteiger partial charge in [0.25, 0.3) is 0 Å². The summed E-state index contributed by atoms with van der Waals surface area (Å²) in [6.45, 7) is 3.45. The fourth-order valence-corrected chi connectivity index (χ4v) is 2.11. The fraction of sp³-hybridized carbons (Fsp3) is 0.778. The molecule has 70 valence electrons. The van der Waals surface area contributed by atoms with Gasteiger partial charge in [0, 0.05) is 19.4 Å². The zero-order valence-electron chi connectivity index (χ0n) is 7.66. The van der Waals surface area contributed by atoms with Gasteiger partial charge < -0.3 is 9.88 Å². The van der Waals surface area contributed by atoms with Crippen molar-refractivity contribution in [2.45, 2.75) is 25.8 Å². The van der Waals surface area contributed by atoms with Crippen LogP contribution in [0, 0.1) is 5.92 Å². The number of nitrogens with one attached hydrogen (secondary N) is 1. The van der Waals surface area contributed by atoms with Crippen LogP contribution in [0.2, 0.25) is 0 Å². The highest BCUT2D eigenvalue weighted by atomic mass is 15.3. The lowest BCUT2D eigenvalue weighted by atomic mass is 9.99. The molecule has 3 heterocycles. The molecule has 0 bridgehead atoms. The van der Waals surface area contributed by atoms with Crippen LogP contribution in [-0.4, -0.2) is 27.9 Å². The van der Waals surface area contributed by atoms with Crippen molar-refractivity contribution >= 4 is 0 Å². The Kier molecular flexibility index (Phi) is 1.62. The van der Waals surface area contributed by atoms with Crippen LogP contribution in [0.15, 0.2) is 0 Å². The largest absolute Gasteiger partial charge is 0.316 e. The van der Waals surface area contributed by atoms with Crippen LogP contribution < -0.4 is 5.32 Å². The highest BCUT2D eigenvalue weighted by Crippen LogP contribution is 2.17. The maximum Gasteiger partial charge on any atom is 0.133 e. The van der Waals surface area contributed by atoms with Crippen LogP contribution in [0.4, 0.5) is 0 Å². The Labute approximate surface area is 77.4 Å². The summed E-state index contributed by atoms with van der Waals surface area (Å²) in [7, 11) is 0. The molecular formula is C9H14N4. The van der Waals surface area contributed by atoms with Crippen molar-refractivity contribution in [1.82, 2.24) is 20.1 Å². The van der Waals surface area contributed by atoms with Crippen LogP contribution in [0.1, 0.15) is 18.1 Å². The number of aromatic nitrogens is 3. The van der Waals surface area contributed by atoms with Crippen LogP contribution in [0.3, 0.4) is 0 Å². The van der Waals surface area contributed by atoms with Crippen molar-refractivity contribution in [3.8, 4) is 0 Å². The van der Waals surface area contributed by atoms with Crippen LogP contribution in [0.25, 0.3) is 0 Å². The van der Waals surface area contributed by atoms with Crippen molar-refractivity contribution in [2.75, 3.05) is 13.1 Å². The normalized spacial score (nSPS) is 21.5. The molecule has 0 unspecified atom stereocenters. The van der Waals surface area contributed by atoms with Gasteiger partial charge in [-0.3, -0.25) is 0 Å². The molecule has 0 saturated carbocycles. The van der Waals surface area contributed by atoms with E-state index < -0.39 is 0 Å². The number of nitrogens with zero attached hydrogens (tertiary/aromatic N) is 3. The monoisotopic (exact) mass is 178 g/mol. The Morgan fingerprint density at radius 3 is 3.08 bits per heavy atom. The average molecular weight is 178 g/mol. The highest BCUT2D eigenvalue weighted by molar-refractivity contribution is 5.02. The Bertz CT molecular complexity index is 313. The van der Waals surface area contributed by atoms with Gasteiger partial charge in [0.15, 0.2) is 0 Å². The predicted molar refractivity (Wildman–Crippen MR) is 48.4 cm³/mol. The maximum absolute atomic E-state index is 4.24. The van der Waals surface area contributed by atoms with E-state index in [1.165, 1.54) is 18.1 Å². The second kappa shape index (κ2) is 2.80. The molecule has 0 spiro atoms. The van der Waals surface area contributed by atoms with E-state index in [2.05, 4.69) is 20.1 Å². The summed E-state index contributed by atoms with van der Waals surface area (Å²) in [5.41, 5.74) is 0. The molecule has 0 aliphatic carbocycles. The Morgan fingerprint density at radius 2 is 2.31 bits per heavy atom. The van der Waals surface area contributed by atoms with Gasteiger partial charge in [-0.15, -0.1) is 10.2 Å². The SMILES string of the molecule is C1Cc2nnc(CC3CNC3)n2C1. The highest BCUT2D eigenvalue weighted by Gasteiger charge is 2.23. The maximum atomic E-state index is 4.24. The molecule has 1 aromatic heterocycles. The van der Waals surface area contributed by atoms with E-state index in [0.29, 0.717) is 0 Å². The molecule has 1 N–H and O–H groups in total. The average Bonchev–Trinajstić information content (AvgIpc) is 2.58. The zero-order valence-corrected chi connectivity index (χ0v) is 7.66. The fourth-order valence-electron chi connectivity index (χ4n) is 2.11. The van der Waals surface area contributed by atoms with E-state index in [1.807, 2.05) is 0 Å². The Morgan fingerprint density at radius 1 is 1.38 bits per heavy atom. The molecule has 3 rings (SSSR count). The molecule has 2 aliphatic rings. The van der Waals surface area contributed by atoms with Crippen molar-refractivity contribution < 1.29 is 0 Å². The lowest BCUT2D eigenvalue weighted by Crippen LogP contribution is -2.43. The number of hydrogen-bond donors (Lipinski definition) is 1. The van der Waals surface area contributed by atoms with E-state index in [1.54, 1.807) is 0 Å². The summed E-state index contributed by atoms with van der Waals surface area (Å²) in [5.74, 6) is 3.20. The van der Waals surface area contributed by atoms with E-state index in [-0.39, 0.29) is 0 Å². The van der Waals surface area contributed by atoms with E-state index in [4.69, 9.17) is 0 Å². The van der Waals surface area contributed by atoms with Crippen molar-refractivity contribution in [2.24, 2.45) is 5.92 Å². The minimum absolute atomic E-state index is 0.800. The van der Waals surface area contributed by atoms with Gasteiger partial charge in [-0.2, -0.15) is 0 Å². The summed E-state index contributed by atoms with van der Waals surface area (Å²) >= 11 is 0. The summed E-state index contributed by atoms with van der Waals surface area (Å²) in [6.07, 6.45) is 3.48. The first-order valence-electron chi connectivity index (χ1n) is 5.05. The predicted octanol–water partition coefficient (Wildman–Crippen LogP) is -0.0138. The molecule has 1 aromatic rings. The van der Waals surface area contributed by atoms with Gasteiger partial charge >= 0.3 is 0 Å². The molecule has 0 aromatic carbocycles. The quantitative estimate of drug-likeness (QED) is 0.692. The first kappa shape index (κ1) is 7.50. The van der Waals surface area contributed by atoms with Crippen molar-refractivity contribution in [3.05, 3.63) is 11.6 Å². The van der Waals surface area contributed by atoms with Gasteiger partial charge in [-0.05, 0) is 25.4 Å². The third kappa shape index (κ3) is 1.16. The zero-order chi connectivity index (χ0) is 8.67. The Balaban J connectivity index is 1.79. The van der Waals surface area contributed by atoms with E-state index in [0.717, 1.165) is 38.4 Å². The van der Waals surface area contributed by atoms with Crippen LogP contribution in [0.5, 0.6) is 0 Å². The van der Waals surface area contributed by atoms with E-state index in [9.17, 15) is 0 Å². The Hall–Kier alpha value is -0.900. The van der Waals surface area contributed by atoms with Crippen LogP contribution >= 0.6 is 0 Å². The molecule has 2 aliphatic heterocycles. The minimum atomic E-state index is 0.800. The smallest absolute Gasteiger partial charge is 0.133 e. The number of rotatable bonds is 2. The molecule has 0 amide bonds. The number of fused-ring (bicyclic) bond motifs is 1. The molecule has 1 fully saturated rings. The molecule has 4 heteroatoms. The molecule has 13 heavy (non-hydrogen) atoms. The lowest BCUT2D eigenvalue weighted by molar-refractivity contribution is 0.337. The summed E-state index contributed by atoms with van der Waals surface area (Å²) in [5, 5.41) is 11.7. The summed E-state index contributed by atoms with van der Waals surface area (Å²) in [6, 6.07) is 0. The first-order chi connectivity index (χ1) is 6.43. The first-order valence-corrected chi connectivity index (χ1v) is 5.05. The molecule has 0 radical (unpaired) electrons. The van der Waals surface area contributed by atoms with E-state index >= 15 is 0 Å². The summed E-state index contributed by atoms with van der Waals surface area (Å²) < 4.78 is 2.30. The van der Waals surface area contributed by atoms with Crippen molar-refractivity contribution in [3.63, 3.8) is 0 Å². The number of aryl methyl sites for hydroxylation is 1. The third-order valence-corrected chi connectivity index (χ3v) is 3.02. The lowest BCUT2D eigenvalue weighted by Gasteiger charge is -2.26. The second-order valence-electron chi connectivity index (χ2n) is 4.02. The van der Waals surface area contributed by atoms with Gasteiger partial charge in [-0.25, -0.2) is 0 Å². The van der Waals surface area contributed by atoms with Crippen molar-refractivity contribution in [1.29, 1.82) is 0 Å². The molecule has 0 atom stereocenters.